The fraction of sp³-hybridized carbons (Fsp3) is 0.682. The lowest BCUT2D eigenvalue weighted by Gasteiger charge is -2.45. The number of nitrogens with zero attached hydrogens (tertiary/aromatic N) is 2. The third kappa shape index (κ3) is 3.85. The largest absolute Gasteiger partial charge is 0.508 e. The third-order valence-corrected chi connectivity index (χ3v) is 6.88. The summed E-state index contributed by atoms with van der Waals surface area (Å²) >= 11 is 0. The Morgan fingerprint density at radius 3 is 2.85 bits per heavy atom. The Morgan fingerprint density at radius 2 is 2.04 bits per heavy atom. The lowest BCUT2D eigenvalue weighted by molar-refractivity contribution is 0.00538. The minimum atomic E-state index is -0.525. The molecule has 4 rings (SSSR count). The average Bonchev–Trinajstić information content (AvgIpc) is 3.14. The highest BCUT2D eigenvalue weighted by Crippen LogP contribution is 2.38. The molecule has 148 valence electrons. The van der Waals surface area contributed by atoms with Crippen LogP contribution in [-0.4, -0.2) is 58.9 Å². The molecule has 27 heavy (non-hydrogen) atoms. The minimum absolute atomic E-state index is 0.238. The second-order valence-electron chi connectivity index (χ2n) is 8.67. The SMILES string of the molecule is Cc1c(O)cccc1C1=NC(C(O)CN2CC3CCCCC3CC2C)CO1. The number of ether oxygens (including phenoxy) is 1. The molecule has 2 fully saturated rings. The number of piperidine rings is 1. The van der Waals surface area contributed by atoms with E-state index in [1.165, 1.54) is 32.1 Å². The van der Waals surface area contributed by atoms with Gasteiger partial charge in [-0.2, -0.15) is 0 Å². The molecule has 1 aliphatic carbocycles. The van der Waals surface area contributed by atoms with E-state index in [0.29, 0.717) is 25.1 Å². The van der Waals surface area contributed by atoms with Gasteiger partial charge in [-0.05, 0) is 50.7 Å². The van der Waals surface area contributed by atoms with Gasteiger partial charge in [0.05, 0.1) is 6.10 Å². The van der Waals surface area contributed by atoms with E-state index in [9.17, 15) is 10.2 Å². The highest BCUT2D eigenvalue weighted by molar-refractivity contribution is 5.97. The van der Waals surface area contributed by atoms with Crippen LogP contribution in [-0.2, 0) is 4.74 Å². The van der Waals surface area contributed by atoms with Gasteiger partial charge >= 0.3 is 0 Å². The normalized spacial score (nSPS) is 32.5. The van der Waals surface area contributed by atoms with Crippen molar-refractivity contribution in [1.82, 2.24) is 4.90 Å². The van der Waals surface area contributed by atoms with E-state index in [1.54, 1.807) is 12.1 Å². The highest BCUT2D eigenvalue weighted by Gasteiger charge is 2.37. The fourth-order valence-corrected chi connectivity index (χ4v) is 5.11. The maximum atomic E-state index is 10.8. The number of aliphatic imine (C=N–C) groups is 1. The van der Waals surface area contributed by atoms with Crippen LogP contribution in [0.15, 0.2) is 23.2 Å². The Morgan fingerprint density at radius 1 is 1.26 bits per heavy atom. The predicted octanol–water partition coefficient (Wildman–Crippen LogP) is 3.11. The van der Waals surface area contributed by atoms with Crippen molar-refractivity contribution in [3.63, 3.8) is 0 Å². The molecule has 1 saturated carbocycles. The van der Waals surface area contributed by atoms with Crippen LogP contribution in [0.2, 0.25) is 0 Å². The van der Waals surface area contributed by atoms with E-state index in [1.807, 2.05) is 13.0 Å². The van der Waals surface area contributed by atoms with E-state index in [0.717, 1.165) is 29.5 Å². The number of aliphatic hydroxyl groups is 1. The van der Waals surface area contributed by atoms with Crippen LogP contribution in [0.4, 0.5) is 0 Å². The molecule has 2 N–H and O–H groups in total. The molecule has 3 aliphatic rings. The van der Waals surface area contributed by atoms with Crippen molar-refractivity contribution >= 4 is 5.90 Å². The van der Waals surface area contributed by atoms with Gasteiger partial charge in [0, 0.05) is 30.3 Å². The molecular formula is C22H32N2O3. The number of phenols is 1. The summed E-state index contributed by atoms with van der Waals surface area (Å²) in [6.45, 7) is 6.33. The van der Waals surface area contributed by atoms with Crippen LogP contribution in [0, 0.1) is 18.8 Å². The van der Waals surface area contributed by atoms with Crippen molar-refractivity contribution in [2.45, 2.75) is 64.1 Å². The molecule has 2 heterocycles. The molecule has 1 saturated heterocycles. The van der Waals surface area contributed by atoms with Crippen LogP contribution < -0.4 is 0 Å². The number of aromatic hydroxyl groups is 1. The lowest BCUT2D eigenvalue weighted by Crippen LogP contribution is -2.51. The molecule has 1 aromatic rings. The number of hydrogen-bond acceptors (Lipinski definition) is 5. The number of likely N-dealkylation sites (tertiary alicyclic amines) is 1. The predicted molar refractivity (Wildman–Crippen MR) is 106 cm³/mol. The lowest BCUT2D eigenvalue weighted by atomic mass is 9.73. The van der Waals surface area contributed by atoms with Gasteiger partial charge in [-0.3, -0.25) is 4.90 Å². The standard InChI is InChI=1S/C22H32N2O3/c1-14-10-16-6-3-4-7-17(16)11-24(14)12-21(26)19-13-27-22(23-19)18-8-5-9-20(25)15(18)2/h5,8-9,14,16-17,19,21,25-26H,3-4,6-7,10-13H2,1-2H3. The number of rotatable bonds is 4. The zero-order chi connectivity index (χ0) is 19.0. The summed E-state index contributed by atoms with van der Waals surface area (Å²) in [6.07, 6.45) is 6.22. The van der Waals surface area contributed by atoms with Crippen molar-refractivity contribution in [2.75, 3.05) is 19.7 Å². The summed E-state index contributed by atoms with van der Waals surface area (Å²) in [5.74, 6) is 2.46. The smallest absolute Gasteiger partial charge is 0.217 e. The second-order valence-corrected chi connectivity index (χ2v) is 8.67. The van der Waals surface area contributed by atoms with Crippen molar-refractivity contribution < 1.29 is 14.9 Å². The molecule has 1 aromatic carbocycles. The summed E-state index contributed by atoms with van der Waals surface area (Å²) in [6, 6.07) is 5.65. The summed E-state index contributed by atoms with van der Waals surface area (Å²) in [5.41, 5.74) is 1.57. The molecule has 0 aromatic heterocycles. The first kappa shape index (κ1) is 18.8. The molecule has 0 amide bonds. The first-order valence-corrected chi connectivity index (χ1v) is 10.4. The van der Waals surface area contributed by atoms with Gasteiger partial charge in [-0.1, -0.05) is 25.3 Å². The Kier molecular flexibility index (Phi) is 5.42. The van der Waals surface area contributed by atoms with E-state index in [4.69, 9.17) is 4.74 Å². The number of hydrogen-bond donors (Lipinski definition) is 2. The number of benzene rings is 1. The molecule has 5 atom stereocenters. The molecule has 0 bridgehead atoms. The third-order valence-electron chi connectivity index (χ3n) is 6.88. The molecule has 5 unspecified atom stereocenters. The van der Waals surface area contributed by atoms with Crippen LogP contribution in [0.1, 0.15) is 50.2 Å². The number of aliphatic hydroxyl groups excluding tert-OH is 1. The van der Waals surface area contributed by atoms with Gasteiger partial charge in [0.2, 0.25) is 5.90 Å². The van der Waals surface area contributed by atoms with Crippen molar-refractivity contribution in [3.05, 3.63) is 29.3 Å². The molecule has 5 nitrogen and oxygen atoms in total. The van der Waals surface area contributed by atoms with E-state index < -0.39 is 6.10 Å². The number of β-amino-alcohol motifs (C(OH)–C–C–N with tert-alkyl or cyclic N) is 1. The van der Waals surface area contributed by atoms with Gasteiger partial charge in [-0.15, -0.1) is 0 Å². The fourth-order valence-electron chi connectivity index (χ4n) is 5.11. The first-order valence-electron chi connectivity index (χ1n) is 10.4. The number of fused-ring (bicyclic) bond motifs is 1. The Balaban J connectivity index is 1.40. The zero-order valence-corrected chi connectivity index (χ0v) is 16.5. The molecule has 0 spiro atoms. The summed E-state index contributed by atoms with van der Waals surface area (Å²) in [5, 5.41) is 20.7. The Bertz CT molecular complexity index is 705. The van der Waals surface area contributed by atoms with E-state index >= 15 is 0 Å². The quantitative estimate of drug-likeness (QED) is 0.852. The van der Waals surface area contributed by atoms with Gasteiger partial charge in [-0.25, -0.2) is 4.99 Å². The van der Waals surface area contributed by atoms with Crippen LogP contribution in [0.5, 0.6) is 5.75 Å². The maximum Gasteiger partial charge on any atom is 0.217 e. The van der Waals surface area contributed by atoms with Gasteiger partial charge in [0.15, 0.2) is 0 Å². The molecule has 2 aliphatic heterocycles. The Labute approximate surface area is 162 Å². The molecule has 0 radical (unpaired) electrons. The summed E-state index contributed by atoms with van der Waals surface area (Å²) in [7, 11) is 0. The van der Waals surface area contributed by atoms with E-state index in [-0.39, 0.29) is 11.8 Å². The van der Waals surface area contributed by atoms with Gasteiger partial charge in [0.1, 0.15) is 18.4 Å². The van der Waals surface area contributed by atoms with E-state index in [2.05, 4.69) is 16.8 Å². The first-order chi connectivity index (χ1) is 13.0. The van der Waals surface area contributed by atoms with Crippen LogP contribution in [0.3, 0.4) is 0 Å². The second kappa shape index (κ2) is 7.80. The monoisotopic (exact) mass is 372 g/mol. The van der Waals surface area contributed by atoms with Crippen LogP contribution >= 0.6 is 0 Å². The number of phenolic OH excluding ortho intramolecular Hbond substituents is 1. The van der Waals surface area contributed by atoms with Crippen molar-refractivity contribution in [2.24, 2.45) is 16.8 Å². The highest BCUT2D eigenvalue weighted by atomic mass is 16.5. The van der Waals surface area contributed by atoms with Crippen LogP contribution in [0.25, 0.3) is 0 Å². The van der Waals surface area contributed by atoms with Gasteiger partial charge < -0.3 is 14.9 Å². The van der Waals surface area contributed by atoms with Crippen molar-refractivity contribution in [3.8, 4) is 5.75 Å². The summed E-state index contributed by atoms with van der Waals surface area (Å²) in [4.78, 5) is 7.10. The zero-order valence-electron chi connectivity index (χ0n) is 16.5. The molecular weight excluding hydrogens is 340 g/mol. The topological polar surface area (TPSA) is 65.3 Å². The average molecular weight is 373 g/mol. The van der Waals surface area contributed by atoms with Gasteiger partial charge in [0.25, 0.3) is 0 Å². The Hall–Kier alpha value is -1.59. The molecule has 5 heteroatoms. The minimum Gasteiger partial charge on any atom is -0.508 e. The maximum absolute atomic E-state index is 10.8. The summed E-state index contributed by atoms with van der Waals surface area (Å²) < 4.78 is 5.77. The van der Waals surface area contributed by atoms with Crippen molar-refractivity contribution in [1.29, 1.82) is 0 Å².